The quantitative estimate of drug-likeness (QED) is 0.919. The van der Waals surface area contributed by atoms with Crippen LogP contribution in [-0.2, 0) is 4.79 Å². The Morgan fingerprint density at radius 2 is 2.00 bits per heavy atom. The molecule has 98 valence electrons. The first kappa shape index (κ1) is 13.0. The van der Waals surface area contributed by atoms with Crippen molar-refractivity contribution in [3.05, 3.63) is 54.1 Å². The van der Waals surface area contributed by atoms with Gasteiger partial charge >= 0.3 is 0 Å². The van der Waals surface area contributed by atoms with Crippen LogP contribution in [0.4, 0.5) is 10.1 Å². The Kier molecular flexibility index (Phi) is 4.07. The number of nitrogens with one attached hydrogen (secondary N) is 1. The third-order valence-corrected chi connectivity index (χ3v) is 2.38. The lowest BCUT2D eigenvalue weighted by atomic mass is 10.3. The second-order valence-electron chi connectivity index (χ2n) is 3.98. The number of ether oxygens (including phenoxy) is 1. The van der Waals surface area contributed by atoms with Crippen LogP contribution in [0.3, 0.4) is 0 Å². The van der Waals surface area contributed by atoms with Gasteiger partial charge in [-0.2, -0.15) is 0 Å². The van der Waals surface area contributed by atoms with E-state index in [2.05, 4.69) is 10.3 Å². The molecule has 1 aromatic carbocycles. The number of anilines is 1. The van der Waals surface area contributed by atoms with Crippen LogP contribution in [0.2, 0.25) is 0 Å². The zero-order chi connectivity index (χ0) is 13.7. The highest BCUT2D eigenvalue weighted by Crippen LogP contribution is 2.10. The smallest absolute Gasteiger partial charge is 0.262 e. The normalized spacial score (nSPS) is 10.0. The highest BCUT2D eigenvalue weighted by molar-refractivity contribution is 5.91. The Morgan fingerprint density at radius 1 is 1.26 bits per heavy atom. The summed E-state index contributed by atoms with van der Waals surface area (Å²) in [6.07, 6.45) is 1.56. The maximum atomic E-state index is 12.7. The standard InChI is InChI=1S/C14H13FN2O2/c1-10-2-7-13(8-16-10)19-9-14(18)17-12-5-3-11(15)4-6-12/h2-8H,9H2,1H3,(H,17,18). The highest BCUT2D eigenvalue weighted by atomic mass is 19.1. The molecule has 0 unspecified atom stereocenters. The van der Waals surface area contributed by atoms with E-state index in [1.165, 1.54) is 24.3 Å². The number of amides is 1. The monoisotopic (exact) mass is 260 g/mol. The minimum Gasteiger partial charge on any atom is -0.482 e. The van der Waals surface area contributed by atoms with Gasteiger partial charge in [0.2, 0.25) is 0 Å². The molecular formula is C14H13FN2O2. The molecule has 0 aliphatic carbocycles. The molecule has 2 rings (SSSR count). The van der Waals surface area contributed by atoms with Crippen molar-refractivity contribution < 1.29 is 13.9 Å². The average Bonchev–Trinajstić information content (AvgIpc) is 2.41. The molecule has 0 saturated heterocycles. The molecule has 0 saturated carbocycles. The fourth-order valence-corrected chi connectivity index (χ4v) is 1.42. The first-order valence-electron chi connectivity index (χ1n) is 5.74. The number of benzene rings is 1. The molecule has 0 bridgehead atoms. The zero-order valence-corrected chi connectivity index (χ0v) is 10.4. The largest absolute Gasteiger partial charge is 0.482 e. The molecule has 1 N–H and O–H groups in total. The van der Waals surface area contributed by atoms with E-state index in [4.69, 9.17) is 4.74 Å². The first-order valence-corrected chi connectivity index (χ1v) is 5.74. The second-order valence-corrected chi connectivity index (χ2v) is 3.98. The van der Waals surface area contributed by atoms with Crippen molar-refractivity contribution in [2.24, 2.45) is 0 Å². The van der Waals surface area contributed by atoms with E-state index in [-0.39, 0.29) is 18.3 Å². The van der Waals surface area contributed by atoms with Crippen molar-refractivity contribution in [2.75, 3.05) is 11.9 Å². The van der Waals surface area contributed by atoms with Crippen molar-refractivity contribution in [3.63, 3.8) is 0 Å². The summed E-state index contributed by atoms with van der Waals surface area (Å²) in [7, 11) is 0. The Morgan fingerprint density at radius 3 is 2.63 bits per heavy atom. The van der Waals surface area contributed by atoms with Gasteiger partial charge in [-0.15, -0.1) is 0 Å². The van der Waals surface area contributed by atoms with Crippen LogP contribution in [0, 0.1) is 12.7 Å². The van der Waals surface area contributed by atoms with Gasteiger partial charge in [-0.3, -0.25) is 9.78 Å². The van der Waals surface area contributed by atoms with Gasteiger partial charge in [-0.05, 0) is 43.3 Å². The minimum absolute atomic E-state index is 0.123. The number of nitrogens with zero attached hydrogens (tertiary/aromatic N) is 1. The van der Waals surface area contributed by atoms with Gasteiger partial charge in [-0.1, -0.05) is 0 Å². The number of rotatable bonds is 4. The van der Waals surface area contributed by atoms with Crippen molar-refractivity contribution in [3.8, 4) is 5.75 Å². The number of aryl methyl sites for hydroxylation is 1. The van der Waals surface area contributed by atoms with E-state index >= 15 is 0 Å². The second kappa shape index (κ2) is 5.95. The molecule has 5 heteroatoms. The highest BCUT2D eigenvalue weighted by Gasteiger charge is 2.04. The summed E-state index contributed by atoms with van der Waals surface area (Å²) in [5.41, 5.74) is 1.40. The van der Waals surface area contributed by atoms with E-state index < -0.39 is 0 Å². The molecule has 4 nitrogen and oxygen atoms in total. The molecule has 2 aromatic rings. The zero-order valence-electron chi connectivity index (χ0n) is 10.4. The Balaban J connectivity index is 1.84. The van der Waals surface area contributed by atoms with Gasteiger partial charge in [-0.25, -0.2) is 4.39 Å². The van der Waals surface area contributed by atoms with Gasteiger partial charge in [0.25, 0.3) is 5.91 Å². The lowest BCUT2D eigenvalue weighted by Crippen LogP contribution is -2.20. The van der Waals surface area contributed by atoms with Gasteiger partial charge in [0, 0.05) is 11.4 Å². The van der Waals surface area contributed by atoms with Gasteiger partial charge in [0.15, 0.2) is 6.61 Å². The summed E-state index contributed by atoms with van der Waals surface area (Å²) >= 11 is 0. The van der Waals surface area contributed by atoms with Gasteiger partial charge < -0.3 is 10.1 Å². The van der Waals surface area contributed by atoms with Crippen LogP contribution in [0.1, 0.15) is 5.69 Å². The summed E-state index contributed by atoms with van der Waals surface area (Å²) in [5.74, 6) is -0.132. The maximum absolute atomic E-state index is 12.7. The predicted molar refractivity (Wildman–Crippen MR) is 69.5 cm³/mol. The fraction of sp³-hybridized carbons (Fsp3) is 0.143. The van der Waals surface area contributed by atoms with Crippen LogP contribution < -0.4 is 10.1 Å². The summed E-state index contributed by atoms with van der Waals surface area (Å²) in [6.45, 7) is 1.74. The number of carbonyl (C=O) groups excluding carboxylic acids is 1. The lowest BCUT2D eigenvalue weighted by molar-refractivity contribution is -0.118. The lowest BCUT2D eigenvalue weighted by Gasteiger charge is -2.07. The Bertz CT molecular complexity index is 553. The van der Waals surface area contributed by atoms with Crippen LogP contribution in [-0.4, -0.2) is 17.5 Å². The molecule has 0 aliphatic heterocycles. The van der Waals surface area contributed by atoms with E-state index in [1.807, 2.05) is 6.92 Å². The number of carbonyl (C=O) groups is 1. The summed E-state index contributed by atoms with van der Waals surface area (Å²) in [5, 5.41) is 2.60. The third-order valence-electron chi connectivity index (χ3n) is 2.38. The number of hydrogen-bond donors (Lipinski definition) is 1. The maximum Gasteiger partial charge on any atom is 0.262 e. The van der Waals surface area contributed by atoms with E-state index in [1.54, 1.807) is 18.3 Å². The Labute approximate surface area is 110 Å². The predicted octanol–water partition coefficient (Wildman–Crippen LogP) is 2.55. The van der Waals surface area contributed by atoms with Gasteiger partial charge in [0.05, 0.1) is 6.20 Å². The van der Waals surface area contributed by atoms with Crippen molar-refractivity contribution >= 4 is 11.6 Å². The molecule has 0 aliphatic rings. The van der Waals surface area contributed by atoms with Crippen LogP contribution in [0.25, 0.3) is 0 Å². The number of aromatic nitrogens is 1. The molecule has 0 fully saturated rings. The summed E-state index contributed by atoms with van der Waals surface area (Å²) < 4.78 is 18.0. The van der Waals surface area contributed by atoms with E-state index in [0.717, 1.165) is 5.69 Å². The van der Waals surface area contributed by atoms with Crippen LogP contribution in [0.15, 0.2) is 42.6 Å². The van der Waals surface area contributed by atoms with Crippen molar-refractivity contribution in [2.45, 2.75) is 6.92 Å². The summed E-state index contributed by atoms with van der Waals surface area (Å²) in [4.78, 5) is 15.6. The van der Waals surface area contributed by atoms with Crippen LogP contribution >= 0.6 is 0 Å². The molecule has 1 amide bonds. The number of halogens is 1. The van der Waals surface area contributed by atoms with E-state index in [0.29, 0.717) is 11.4 Å². The van der Waals surface area contributed by atoms with Crippen molar-refractivity contribution in [1.82, 2.24) is 4.98 Å². The van der Waals surface area contributed by atoms with Crippen LogP contribution in [0.5, 0.6) is 5.75 Å². The molecule has 1 heterocycles. The molecule has 19 heavy (non-hydrogen) atoms. The molecule has 1 aromatic heterocycles. The summed E-state index contributed by atoms with van der Waals surface area (Å²) in [6, 6.07) is 9.07. The molecular weight excluding hydrogens is 247 g/mol. The van der Waals surface area contributed by atoms with Gasteiger partial charge in [0.1, 0.15) is 11.6 Å². The number of hydrogen-bond acceptors (Lipinski definition) is 3. The SMILES string of the molecule is Cc1ccc(OCC(=O)Nc2ccc(F)cc2)cn1. The minimum atomic E-state index is -0.347. The third kappa shape index (κ3) is 4.06. The number of pyridine rings is 1. The first-order chi connectivity index (χ1) is 9.13. The molecule has 0 spiro atoms. The fourth-order valence-electron chi connectivity index (χ4n) is 1.42. The molecule has 0 atom stereocenters. The Hall–Kier alpha value is -2.43. The topological polar surface area (TPSA) is 51.2 Å². The van der Waals surface area contributed by atoms with Crippen molar-refractivity contribution in [1.29, 1.82) is 0 Å². The average molecular weight is 260 g/mol. The molecule has 0 radical (unpaired) electrons. The van der Waals surface area contributed by atoms with E-state index in [9.17, 15) is 9.18 Å².